The standard InChI is InChI=1S/C28H48/c1-4-6-8-24-11-17-27(18-12-24)28-19-13-25(14-20-28)21-22(3)26-15-9-23(7-5-2)10-16-26/h4,21,23-28H,1,5-20H2,2-3H3/b22-21+. The van der Waals surface area contributed by atoms with Crippen LogP contribution in [-0.2, 0) is 0 Å². The Balaban J connectivity index is 1.37. The minimum atomic E-state index is 0.897. The van der Waals surface area contributed by atoms with E-state index in [4.69, 9.17) is 0 Å². The molecule has 0 atom stereocenters. The Morgan fingerprint density at radius 3 is 1.86 bits per heavy atom. The summed E-state index contributed by atoms with van der Waals surface area (Å²) in [5.74, 6) is 5.96. The average molecular weight is 385 g/mol. The van der Waals surface area contributed by atoms with Gasteiger partial charge in [-0.3, -0.25) is 0 Å². The van der Waals surface area contributed by atoms with Gasteiger partial charge >= 0.3 is 0 Å². The second-order valence-corrected chi connectivity index (χ2v) is 10.7. The predicted octanol–water partition coefficient (Wildman–Crippen LogP) is 9.12. The van der Waals surface area contributed by atoms with Gasteiger partial charge in [0, 0.05) is 0 Å². The molecular weight excluding hydrogens is 336 g/mol. The fourth-order valence-corrected chi connectivity index (χ4v) is 6.91. The Kier molecular flexibility index (Phi) is 9.19. The lowest BCUT2D eigenvalue weighted by atomic mass is 9.68. The summed E-state index contributed by atoms with van der Waals surface area (Å²) in [7, 11) is 0. The molecule has 3 rings (SSSR count). The van der Waals surface area contributed by atoms with Gasteiger partial charge < -0.3 is 0 Å². The van der Waals surface area contributed by atoms with Gasteiger partial charge in [0.15, 0.2) is 0 Å². The molecule has 28 heavy (non-hydrogen) atoms. The van der Waals surface area contributed by atoms with Crippen molar-refractivity contribution in [3.8, 4) is 0 Å². The fraction of sp³-hybridized carbons (Fsp3) is 0.857. The van der Waals surface area contributed by atoms with Crippen LogP contribution in [0.15, 0.2) is 24.3 Å². The van der Waals surface area contributed by atoms with Crippen molar-refractivity contribution in [3.63, 3.8) is 0 Å². The molecule has 0 bridgehead atoms. The topological polar surface area (TPSA) is 0 Å². The van der Waals surface area contributed by atoms with Crippen LogP contribution < -0.4 is 0 Å². The number of rotatable bonds is 8. The van der Waals surface area contributed by atoms with E-state index < -0.39 is 0 Å². The summed E-state index contributed by atoms with van der Waals surface area (Å²) in [4.78, 5) is 0. The van der Waals surface area contributed by atoms with Crippen LogP contribution in [0, 0.1) is 35.5 Å². The van der Waals surface area contributed by atoms with E-state index >= 15 is 0 Å². The molecule has 160 valence electrons. The van der Waals surface area contributed by atoms with Gasteiger partial charge in [-0.25, -0.2) is 0 Å². The van der Waals surface area contributed by atoms with Crippen LogP contribution in [0.25, 0.3) is 0 Å². The molecule has 3 aliphatic rings. The summed E-state index contributed by atoms with van der Waals surface area (Å²) in [5.41, 5.74) is 1.75. The molecule has 0 heteroatoms. The SMILES string of the molecule is C=CCCC1CCC(C2CCC(/C=C(\C)C3CCC(CCC)CC3)CC2)CC1. The van der Waals surface area contributed by atoms with Crippen molar-refractivity contribution in [2.75, 3.05) is 0 Å². The number of allylic oxidation sites excluding steroid dienone is 3. The third-order valence-electron chi connectivity index (χ3n) is 8.84. The second kappa shape index (κ2) is 11.6. The molecule has 3 saturated carbocycles. The highest BCUT2D eigenvalue weighted by Gasteiger charge is 2.30. The van der Waals surface area contributed by atoms with Gasteiger partial charge in [-0.15, -0.1) is 6.58 Å². The lowest BCUT2D eigenvalue weighted by Gasteiger charge is -2.38. The molecule has 0 amide bonds. The summed E-state index contributed by atoms with van der Waals surface area (Å²) in [6, 6.07) is 0. The van der Waals surface area contributed by atoms with Crippen molar-refractivity contribution in [1.82, 2.24) is 0 Å². The largest absolute Gasteiger partial charge is 0.103 e. The van der Waals surface area contributed by atoms with Gasteiger partial charge in [-0.1, -0.05) is 50.3 Å². The second-order valence-electron chi connectivity index (χ2n) is 10.7. The van der Waals surface area contributed by atoms with Crippen molar-refractivity contribution in [1.29, 1.82) is 0 Å². The van der Waals surface area contributed by atoms with Gasteiger partial charge in [-0.2, -0.15) is 0 Å². The quantitative estimate of drug-likeness (QED) is 0.366. The van der Waals surface area contributed by atoms with Crippen LogP contribution in [0.2, 0.25) is 0 Å². The van der Waals surface area contributed by atoms with Crippen LogP contribution in [-0.4, -0.2) is 0 Å². The number of hydrogen-bond acceptors (Lipinski definition) is 0. The third kappa shape index (κ3) is 6.50. The molecule has 0 spiro atoms. The maximum Gasteiger partial charge on any atom is -0.0206 e. The van der Waals surface area contributed by atoms with Crippen LogP contribution in [0.4, 0.5) is 0 Å². The predicted molar refractivity (Wildman–Crippen MR) is 124 cm³/mol. The Morgan fingerprint density at radius 1 is 0.750 bits per heavy atom. The van der Waals surface area contributed by atoms with Gasteiger partial charge in [0.05, 0.1) is 0 Å². The normalized spacial score (nSPS) is 37.6. The van der Waals surface area contributed by atoms with E-state index in [0.717, 1.165) is 35.5 Å². The van der Waals surface area contributed by atoms with Gasteiger partial charge in [0.1, 0.15) is 0 Å². The van der Waals surface area contributed by atoms with E-state index in [0.29, 0.717) is 0 Å². The molecule has 0 saturated heterocycles. The van der Waals surface area contributed by atoms with E-state index in [1.807, 2.05) is 0 Å². The van der Waals surface area contributed by atoms with E-state index in [9.17, 15) is 0 Å². The third-order valence-corrected chi connectivity index (χ3v) is 8.84. The molecule has 0 N–H and O–H groups in total. The number of hydrogen-bond donors (Lipinski definition) is 0. The van der Waals surface area contributed by atoms with Crippen molar-refractivity contribution < 1.29 is 0 Å². The molecule has 0 aromatic heterocycles. The molecule has 0 heterocycles. The van der Waals surface area contributed by atoms with Crippen molar-refractivity contribution in [3.05, 3.63) is 24.3 Å². The molecule has 0 aliphatic heterocycles. The Morgan fingerprint density at radius 2 is 1.29 bits per heavy atom. The molecule has 0 radical (unpaired) electrons. The van der Waals surface area contributed by atoms with Gasteiger partial charge in [0.2, 0.25) is 0 Å². The van der Waals surface area contributed by atoms with Gasteiger partial charge in [0.25, 0.3) is 0 Å². The summed E-state index contributed by atoms with van der Waals surface area (Å²) in [5, 5.41) is 0. The van der Waals surface area contributed by atoms with Crippen molar-refractivity contribution in [2.45, 2.75) is 117 Å². The molecule has 0 aromatic carbocycles. The Hall–Kier alpha value is -0.520. The zero-order chi connectivity index (χ0) is 19.8. The molecular formula is C28H48. The van der Waals surface area contributed by atoms with E-state index in [1.165, 1.54) is 103 Å². The first kappa shape index (κ1) is 22.2. The maximum absolute atomic E-state index is 3.90. The lowest BCUT2D eigenvalue weighted by molar-refractivity contribution is 0.152. The van der Waals surface area contributed by atoms with E-state index in [2.05, 4.69) is 32.6 Å². The van der Waals surface area contributed by atoms with Crippen LogP contribution in [0.5, 0.6) is 0 Å². The zero-order valence-corrected chi connectivity index (χ0v) is 19.1. The highest BCUT2D eigenvalue weighted by Crippen LogP contribution is 2.43. The first-order valence-electron chi connectivity index (χ1n) is 13.0. The van der Waals surface area contributed by atoms with Crippen LogP contribution in [0.1, 0.15) is 117 Å². The molecule has 3 fully saturated rings. The Bertz CT molecular complexity index is 462. The van der Waals surface area contributed by atoms with Gasteiger partial charge in [-0.05, 0) is 119 Å². The average Bonchev–Trinajstić information content (AvgIpc) is 2.74. The molecule has 0 unspecified atom stereocenters. The van der Waals surface area contributed by atoms with E-state index in [1.54, 1.807) is 5.57 Å². The highest BCUT2D eigenvalue weighted by atomic mass is 14.4. The molecule has 3 aliphatic carbocycles. The van der Waals surface area contributed by atoms with Crippen LogP contribution in [0.3, 0.4) is 0 Å². The van der Waals surface area contributed by atoms with Crippen LogP contribution >= 0.6 is 0 Å². The first-order valence-corrected chi connectivity index (χ1v) is 13.0. The Labute approximate surface area is 176 Å². The minimum Gasteiger partial charge on any atom is -0.103 e. The summed E-state index contributed by atoms with van der Waals surface area (Å²) < 4.78 is 0. The zero-order valence-electron chi connectivity index (χ0n) is 19.1. The maximum atomic E-state index is 3.90. The fourth-order valence-electron chi connectivity index (χ4n) is 6.91. The highest BCUT2D eigenvalue weighted by molar-refractivity contribution is 5.08. The smallest absolute Gasteiger partial charge is 0.0206 e. The van der Waals surface area contributed by atoms with Crippen molar-refractivity contribution in [2.24, 2.45) is 35.5 Å². The first-order chi connectivity index (χ1) is 13.7. The molecule has 0 nitrogen and oxygen atoms in total. The summed E-state index contributed by atoms with van der Waals surface area (Å²) in [6.45, 7) is 8.71. The summed E-state index contributed by atoms with van der Waals surface area (Å²) in [6.07, 6.45) is 28.3. The minimum absolute atomic E-state index is 0.897. The van der Waals surface area contributed by atoms with E-state index in [-0.39, 0.29) is 0 Å². The molecule has 0 aromatic rings. The summed E-state index contributed by atoms with van der Waals surface area (Å²) >= 11 is 0. The lowest BCUT2D eigenvalue weighted by Crippen LogP contribution is -2.25. The van der Waals surface area contributed by atoms with Crippen molar-refractivity contribution >= 4 is 0 Å². The monoisotopic (exact) mass is 384 g/mol.